The van der Waals surface area contributed by atoms with Gasteiger partial charge < -0.3 is 10.2 Å². The summed E-state index contributed by atoms with van der Waals surface area (Å²) < 4.78 is 0. The molecule has 5 rings (SSSR count). The average molecular weight is 367 g/mol. The molecule has 0 saturated carbocycles. The number of fused-ring (bicyclic) bond motifs is 2. The van der Waals surface area contributed by atoms with Crippen molar-refractivity contribution >= 4 is 22.7 Å². The third-order valence-electron chi connectivity index (χ3n) is 5.21. The Morgan fingerprint density at radius 1 is 0.857 bits per heavy atom. The smallest absolute Gasteiger partial charge is 0.145 e. The summed E-state index contributed by atoms with van der Waals surface area (Å²) in [6.45, 7) is 2.54. The summed E-state index contributed by atoms with van der Waals surface area (Å²) in [7, 11) is 0. The molecule has 2 aromatic heterocycles. The van der Waals surface area contributed by atoms with Crippen molar-refractivity contribution in [2.45, 2.75) is 19.5 Å². The fourth-order valence-electron chi connectivity index (χ4n) is 3.76. The van der Waals surface area contributed by atoms with Crippen molar-refractivity contribution in [2.75, 3.05) is 16.8 Å². The van der Waals surface area contributed by atoms with Gasteiger partial charge in [0.1, 0.15) is 11.6 Å². The van der Waals surface area contributed by atoms with Gasteiger partial charge in [0.25, 0.3) is 0 Å². The molecular weight excluding hydrogens is 346 g/mol. The SMILES string of the molecule is c1ccc2c(c1)CCN(c1ncccc1CNc1cnc3ccccc3n1)C2. The number of aromatic nitrogens is 3. The lowest BCUT2D eigenvalue weighted by atomic mass is 9.99. The lowest BCUT2D eigenvalue weighted by Gasteiger charge is -2.31. The van der Waals surface area contributed by atoms with Crippen molar-refractivity contribution in [1.29, 1.82) is 0 Å². The quantitative estimate of drug-likeness (QED) is 0.586. The monoisotopic (exact) mass is 367 g/mol. The van der Waals surface area contributed by atoms with Gasteiger partial charge in [-0.1, -0.05) is 42.5 Å². The molecule has 138 valence electrons. The predicted octanol–water partition coefficient (Wildman–Crippen LogP) is 4.20. The van der Waals surface area contributed by atoms with E-state index in [1.54, 1.807) is 6.20 Å². The molecule has 0 spiro atoms. The first-order valence-corrected chi connectivity index (χ1v) is 9.58. The third kappa shape index (κ3) is 3.27. The minimum Gasteiger partial charge on any atom is -0.365 e. The summed E-state index contributed by atoms with van der Waals surface area (Å²) in [6, 6.07) is 20.7. The van der Waals surface area contributed by atoms with Crippen LogP contribution in [-0.4, -0.2) is 21.5 Å². The van der Waals surface area contributed by atoms with Crippen LogP contribution in [0.15, 0.2) is 73.1 Å². The molecule has 28 heavy (non-hydrogen) atoms. The minimum absolute atomic E-state index is 0.661. The highest BCUT2D eigenvalue weighted by Crippen LogP contribution is 2.26. The molecule has 1 aliphatic heterocycles. The van der Waals surface area contributed by atoms with Gasteiger partial charge in [0.05, 0.1) is 17.2 Å². The van der Waals surface area contributed by atoms with Crippen LogP contribution >= 0.6 is 0 Å². The first-order chi connectivity index (χ1) is 13.9. The number of nitrogens with zero attached hydrogens (tertiary/aromatic N) is 4. The van der Waals surface area contributed by atoms with E-state index in [9.17, 15) is 0 Å². The second-order valence-electron chi connectivity index (χ2n) is 7.02. The molecule has 5 heteroatoms. The maximum atomic E-state index is 4.69. The fraction of sp³-hybridized carbons (Fsp3) is 0.174. The van der Waals surface area contributed by atoms with Crippen LogP contribution in [-0.2, 0) is 19.5 Å². The summed E-state index contributed by atoms with van der Waals surface area (Å²) in [5.41, 5.74) is 5.80. The van der Waals surface area contributed by atoms with E-state index in [0.29, 0.717) is 6.54 Å². The van der Waals surface area contributed by atoms with Crippen LogP contribution < -0.4 is 10.2 Å². The van der Waals surface area contributed by atoms with Gasteiger partial charge in [-0.15, -0.1) is 0 Å². The van der Waals surface area contributed by atoms with Gasteiger partial charge in [-0.05, 0) is 35.7 Å². The molecule has 1 N–H and O–H groups in total. The summed E-state index contributed by atoms with van der Waals surface area (Å²) in [5.74, 6) is 1.82. The van der Waals surface area contributed by atoms with Crippen molar-refractivity contribution < 1.29 is 0 Å². The Hall–Kier alpha value is -3.47. The lowest BCUT2D eigenvalue weighted by Crippen LogP contribution is -2.32. The number of hydrogen-bond acceptors (Lipinski definition) is 5. The van der Waals surface area contributed by atoms with Crippen LogP contribution in [0.3, 0.4) is 0 Å². The number of rotatable bonds is 4. The standard InChI is InChI=1S/C23H21N5/c1-2-7-19-16-28(13-11-17(19)6-1)23-18(8-5-12-24-23)14-26-22-15-25-20-9-3-4-10-21(20)27-22/h1-10,12,15H,11,13-14,16H2,(H,26,27). The zero-order valence-electron chi connectivity index (χ0n) is 15.5. The van der Waals surface area contributed by atoms with Crippen LogP contribution in [0.4, 0.5) is 11.6 Å². The Labute approximate surface area is 164 Å². The molecule has 4 aromatic rings. The summed E-state index contributed by atoms with van der Waals surface area (Å²) in [4.78, 5) is 16.2. The number of para-hydroxylation sites is 2. The fourth-order valence-corrected chi connectivity index (χ4v) is 3.76. The van der Waals surface area contributed by atoms with E-state index in [4.69, 9.17) is 0 Å². The van der Waals surface area contributed by atoms with E-state index in [1.807, 2.05) is 36.5 Å². The first-order valence-electron chi connectivity index (χ1n) is 9.58. The number of hydrogen-bond donors (Lipinski definition) is 1. The van der Waals surface area contributed by atoms with E-state index in [2.05, 4.69) is 55.5 Å². The zero-order chi connectivity index (χ0) is 18.8. The topological polar surface area (TPSA) is 53.9 Å². The highest BCUT2D eigenvalue weighted by Gasteiger charge is 2.19. The molecule has 2 aromatic carbocycles. The Morgan fingerprint density at radius 2 is 1.68 bits per heavy atom. The van der Waals surface area contributed by atoms with E-state index < -0.39 is 0 Å². The Bertz CT molecular complexity index is 1120. The third-order valence-corrected chi connectivity index (χ3v) is 5.21. The van der Waals surface area contributed by atoms with Gasteiger partial charge in [0.2, 0.25) is 0 Å². The molecule has 0 atom stereocenters. The molecule has 3 heterocycles. The van der Waals surface area contributed by atoms with Crippen LogP contribution in [0.1, 0.15) is 16.7 Å². The Balaban J connectivity index is 1.36. The van der Waals surface area contributed by atoms with E-state index in [-0.39, 0.29) is 0 Å². The van der Waals surface area contributed by atoms with E-state index in [1.165, 1.54) is 11.1 Å². The molecule has 0 amide bonds. The van der Waals surface area contributed by atoms with Crippen LogP contribution in [0, 0.1) is 0 Å². The predicted molar refractivity (Wildman–Crippen MR) is 112 cm³/mol. The van der Waals surface area contributed by atoms with Crippen molar-refractivity contribution in [1.82, 2.24) is 15.0 Å². The molecule has 0 bridgehead atoms. The van der Waals surface area contributed by atoms with Crippen molar-refractivity contribution in [3.63, 3.8) is 0 Å². The highest BCUT2D eigenvalue weighted by atomic mass is 15.2. The average Bonchev–Trinajstić information content (AvgIpc) is 2.77. The number of pyridine rings is 1. The summed E-state index contributed by atoms with van der Waals surface area (Å²) >= 11 is 0. The van der Waals surface area contributed by atoms with Gasteiger partial charge in [0, 0.05) is 31.4 Å². The van der Waals surface area contributed by atoms with Gasteiger partial charge in [-0.2, -0.15) is 0 Å². The summed E-state index contributed by atoms with van der Waals surface area (Å²) in [5, 5.41) is 3.41. The normalized spacial score (nSPS) is 13.4. The zero-order valence-corrected chi connectivity index (χ0v) is 15.5. The highest BCUT2D eigenvalue weighted by molar-refractivity contribution is 5.75. The number of nitrogens with one attached hydrogen (secondary N) is 1. The second kappa shape index (κ2) is 7.27. The maximum absolute atomic E-state index is 4.69. The van der Waals surface area contributed by atoms with Crippen molar-refractivity contribution in [2.24, 2.45) is 0 Å². The van der Waals surface area contributed by atoms with E-state index >= 15 is 0 Å². The van der Waals surface area contributed by atoms with Crippen LogP contribution in [0.2, 0.25) is 0 Å². The Kier molecular flexibility index (Phi) is 4.33. The molecule has 0 radical (unpaired) electrons. The molecule has 0 fully saturated rings. The molecule has 0 aliphatic carbocycles. The van der Waals surface area contributed by atoms with Crippen molar-refractivity contribution in [3.8, 4) is 0 Å². The second-order valence-corrected chi connectivity index (χ2v) is 7.02. The molecule has 1 aliphatic rings. The lowest BCUT2D eigenvalue weighted by molar-refractivity contribution is 0.716. The minimum atomic E-state index is 0.661. The summed E-state index contributed by atoms with van der Waals surface area (Å²) in [6.07, 6.45) is 4.71. The molecule has 5 nitrogen and oxygen atoms in total. The number of anilines is 2. The first kappa shape index (κ1) is 16.7. The van der Waals surface area contributed by atoms with Gasteiger partial charge in [-0.3, -0.25) is 4.98 Å². The molecular formula is C23H21N5. The Morgan fingerprint density at radius 3 is 2.61 bits per heavy atom. The van der Waals surface area contributed by atoms with Crippen molar-refractivity contribution in [3.05, 3.63) is 89.7 Å². The van der Waals surface area contributed by atoms with Crippen LogP contribution in [0.25, 0.3) is 11.0 Å². The molecule has 0 saturated heterocycles. The van der Waals surface area contributed by atoms with Gasteiger partial charge in [-0.25, -0.2) is 9.97 Å². The van der Waals surface area contributed by atoms with Gasteiger partial charge >= 0.3 is 0 Å². The largest absolute Gasteiger partial charge is 0.365 e. The maximum Gasteiger partial charge on any atom is 0.145 e. The number of benzene rings is 2. The molecule has 0 unspecified atom stereocenters. The van der Waals surface area contributed by atoms with Gasteiger partial charge in [0.15, 0.2) is 0 Å². The van der Waals surface area contributed by atoms with Crippen LogP contribution in [0.5, 0.6) is 0 Å². The van der Waals surface area contributed by atoms with E-state index in [0.717, 1.165) is 47.7 Å².